The van der Waals surface area contributed by atoms with Gasteiger partial charge in [-0.05, 0) is 51.4 Å². The molecular formula is C29H52N2O7. The van der Waals surface area contributed by atoms with Crippen molar-refractivity contribution in [3.63, 3.8) is 0 Å². The third-order valence-corrected chi connectivity index (χ3v) is 6.24. The van der Waals surface area contributed by atoms with E-state index in [2.05, 4.69) is 36.6 Å². The first kappa shape index (κ1) is 35.6. The van der Waals surface area contributed by atoms with Crippen LogP contribution in [-0.4, -0.2) is 59.3 Å². The molecule has 0 aromatic heterocycles. The number of aliphatic carboxylic acids is 1. The molecule has 0 aliphatic rings. The summed E-state index contributed by atoms with van der Waals surface area (Å²) in [5.74, 6) is -2.42. The molecule has 2 atom stereocenters. The van der Waals surface area contributed by atoms with E-state index >= 15 is 0 Å². The first-order valence-electron chi connectivity index (χ1n) is 14.6. The van der Waals surface area contributed by atoms with Crippen LogP contribution >= 0.6 is 0 Å². The number of allylic oxidation sites excluding steroid dienone is 2. The molecule has 0 radical (unpaired) electrons. The van der Waals surface area contributed by atoms with Gasteiger partial charge in [0, 0.05) is 12.8 Å². The fourth-order valence-corrected chi connectivity index (χ4v) is 3.94. The summed E-state index contributed by atoms with van der Waals surface area (Å²) in [6, 6.07) is -1.39. The van der Waals surface area contributed by atoms with Gasteiger partial charge in [-0.15, -0.1) is 0 Å². The zero-order valence-electron chi connectivity index (χ0n) is 23.7. The molecule has 2 unspecified atom stereocenters. The van der Waals surface area contributed by atoms with Gasteiger partial charge >= 0.3 is 11.9 Å². The molecule has 0 aromatic carbocycles. The van der Waals surface area contributed by atoms with Crippen LogP contribution in [0.25, 0.3) is 0 Å². The van der Waals surface area contributed by atoms with E-state index in [0.717, 1.165) is 70.6 Å². The van der Waals surface area contributed by atoms with E-state index in [0.29, 0.717) is 12.8 Å². The lowest BCUT2D eigenvalue weighted by atomic mass is 10.0. The summed E-state index contributed by atoms with van der Waals surface area (Å²) in [6.07, 6.45) is 20.1. The van der Waals surface area contributed by atoms with Crippen molar-refractivity contribution in [2.75, 3.05) is 13.2 Å². The molecule has 9 nitrogen and oxygen atoms in total. The molecule has 0 bridgehead atoms. The van der Waals surface area contributed by atoms with Crippen LogP contribution in [0, 0.1) is 0 Å². The molecule has 38 heavy (non-hydrogen) atoms. The lowest BCUT2D eigenvalue weighted by Gasteiger charge is -2.18. The summed E-state index contributed by atoms with van der Waals surface area (Å²) < 4.78 is 5.75. The topological polar surface area (TPSA) is 142 Å². The van der Waals surface area contributed by atoms with E-state index in [9.17, 15) is 19.2 Å². The molecule has 0 heterocycles. The molecule has 2 amide bonds. The number of carboxylic acid groups (broad SMARTS) is 1. The van der Waals surface area contributed by atoms with Crippen molar-refractivity contribution >= 4 is 23.8 Å². The Morgan fingerprint density at radius 3 is 2.08 bits per heavy atom. The fourth-order valence-electron chi connectivity index (χ4n) is 3.94. The summed E-state index contributed by atoms with van der Waals surface area (Å²) in [5, 5.41) is 22.3. The summed E-state index contributed by atoms with van der Waals surface area (Å²) in [7, 11) is 0. The molecular weight excluding hydrogens is 488 g/mol. The highest BCUT2D eigenvalue weighted by atomic mass is 16.5. The Hall–Kier alpha value is -2.42. The predicted molar refractivity (Wildman–Crippen MR) is 149 cm³/mol. The Labute approximate surface area is 229 Å². The molecule has 4 N–H and O–H groups in total. The molecule has 0 aromatic rings. The molecule has 0 fully saturated rings. The van der Waals surface area contributed by atoms with Gasteiger partial charge < -0.3 is 25.6 Å². The summed E-state index contributed by atoms with van der Waals surface area (Å²) in [4.78, 5) is 46.7. The first-order valence-corrected chi connectivity index (χ1v) is 14.6. The van der Waals surface area contributed by atoms with Gasteiger partial charge in [0.1, 0.15) is 12.1 Å². The van der Waals surface area contributed by atoms with Crippen LogP contribution in [0.5, 0.6) is 0 Å². The molecule has 220 valence electrons. The van der Waals surface area contributed by atoms with Crippen LogP contribution in [0.2, 0.25) is 0 Å². The Morgan fingerprint density at radius 2 is 1.39 bits per heavy atom. The van der Waals surface area contributed by atoms with Crippen molar-refractivity contribution in [3.05, 3.63) is 12.2 Å². The normalized spacial score (nSPS) is 12.7. The Bertz CT molecular complexity index is 682. The van der Waals surface area contributed by atoms with E-state index in [1.807, 2.05) is 0 Å². The number of carbonyl (C=O) groups excluding carboxylic acids is 3. The number of nitrogens with one attached hydrogen (secondary N) is 2. The van der Waals surface area contributed by atoms with Crippen LogP contribution in [0.1, 0.15) is 123 Å². The molecule has 0 saturated heterocycles. The van der Waals surface area contributed by atoms with Gasteiger partial charge in [0.15, 0.2) is 0 Å². The SMILES string of the molecule is CCC/C=C\CCCCCCCC(=O)OC(CCCC)CCCCCC(=O)NCC(=O)NC(CO)C(=O)O. The monoisotopic (exact) mass is 540 g/mol. The van der Waals surface area contributed by atoms with Gasteiger partial charge in [-0.3, -0.25) is 14.4 Å². The number of hydrogen-bond acceptors (Lipinski definition) is 6. The van der Waals surface area contributed by atoms with E-state index in [1.165, 1.54) is 19.3 Å². The summed E-state index contributed by atoms with van der Waals surface area (Å²) >= 11 is 0. The number of amides is 2. The van der Waals surface area contributed by atoms with E-state index in [1.54, 1.807) is 0 Å². The summed E-state index contributed by atoms with van der Waals surface area (Å²) in [5.41, 5.74) is 0. The number of aliphatic hydroxyl groups excluding tert-OH is 1. The van der Waals surface area contributed by atoms with Crippen molar-refractivity contribution in [2.24, 2.45) is 0 Å². The van der Waals surface area contributed by atoms with Crippen molar-refractivity contribution in [2.45, 2.75) is 135 Å². The third kappa shape index (κ3) is 21.6. The standard InChI is InChI=1S/C29H52N2O7/c1-3-5-7-8-9-10-11-12-13-17-21-28(35)38-24(18-6-4-2)19-15-14-16-20-26(33)30-22-27(34)31-25(23-32)29(36)37/h7-8,24-25,32H,3-6,9-23H2,1-2H3,(H,30,33)(H,31,34)(H,36,37)/b8-7-. The van der Waals surface area contributed by atoms with Crippen LogP contribution in [0.3, 0.4) is 0 Å². The second kappa shape index (κ2) is 24.9. The number of carbonyl (C=O) groups is 4. The third-order valence-electron chi connectivity index (χ3n) is 6.24. The number of ether oxygens (including phenoxy) is 1. The largest absolute Gasteiger partial charge is 0.480 e. The minimum absolute atomic E-state index is 0.0800. The molecule has 0 rings (SSSR count). The van der Waals surface area contributed by atoms with E-state index in [-0.39, 0.29) is 30.9 Å². The van der Waals surface area contributed by atoms with Gasteiger partial charge in [-0.2, -0.15) is 0 Å². The van der Waals surface area contributed by atoms with Crippen LogP contribution in [0.4, 0.5) is 0 Å². The van der Waals surface area contributed by atoms with Crippen molar-refractivity contribution in [1.82, 2.24) is 10.6 Å². The van der Waals surface area contributed by atoms with Gasteiger partial charge in [0.05, 0.1) is 13.2 Å². The second-order valence-corrected chi connectivity index (χ2v) is 9.84. The predicted octanol–water partition coefficient (Wildman–Crippen LogP) is 4.80. The number of aliphatic hydroxyl groups is 1. The highest BCUT2D eigenvalue weighted by molar-refractivity contribution is 5.87. The Kier molecular flexibility index (Phi) is 23.3. The lowest BCUT2D eigenvalue weighted by molar-refractivity contribution is -0.150. The van der Waals surface area contributed by atoms with Gasteiger partial charge in [-0.1, -0.05) is 70.9 Å². The average molecular weight is 541 g/mol. The highest BCUT2D eigenvalue weighted by Crippen LogP contribution is 2.16. The van der Waals surface area contributed by atoms with Crippen molar-refractivity contribution < 1.29 is 34.1 Å². The first-order chi connectivity index (χ1) is 18.3. The Balaban J connectivity index is 4.01. The van der Waals surface area contributed by atoms with Gasteiger partial charge in [0.25, 0.3) is 0 Å². The zero-order valence-corrected chi connectivity index (χ0v) is 23.7. The van der Waals surface area contributed by atoms with Crippen molar-refractivity contribution in [1.29, 1.82) is 0 Å². The minimum atomic E-state index is -1.39. The molecule has 0 aliphatic carbocycles. The van der Waals surface area contributed by atoms with Crippen LogP contribution in [-0.2, 0) is 23.9 Å². The highest BCUT2D eigenvalue weighted by Gasteiger charge is 2.19. The van der Waals surface area contributed by atoms with E-state index in [4.69, 9.17) is 14.9 Å². The average Bonchev–Trinajstić information content (AvgIpc) is 2.89. The van der Waals surface area contributed by atoms with Crippen LogP contribution in [0.15, 0.2) is 12.2 Å². The fraction of sp³-hybridized carbons (Fsp3) is 0.793. The summed E-state index contributed by atoms with van der Waals surface area (Å²) in [6.45, 7) is 3.24. The van der Waals surface area contributed by atoms with Crippen LogP contribution < -0.4 is 10.6 Å². The minimum Gasteiger partial charge on any atom is -0.480 e. The zero-order chi connectivity index (χ0) is 28.4. The number of carboxylic acids is 1. The maximum atomic E-state index is 12.3. The van der Waals surface area contributed by atoms with Gasteiger partial charge in [0.2, 0.25) is 11.8 Å². The smallest absolute Gasteiger partial charge is 0.328 e. The maximum Gasteiger partial charge on any atom is 0.328 e. The molecule has 0 spiro atoms. The maximum absolute atomic E-state index is 12.3. The number of unbranched alkanes of at least 4 members (excludes halogenated alkanes) is 9. The molecule has 0 aliphatic heterocycles. The van der Waals surface area contributed by atoms with Crippen molar-refractivity contribution in [3.8, 4) is 0 Å². The Morgan fingerprint density at radius 1 is 0.763 bits per heavy atom. The van der Waals surface area contributed by atoms with Gasteiger partial charge in [-0.25, -0.2) is 4.79 Å². The molecule has 9 heteroatoms. The lowest BCUT2D eigenvalue weighted by Crippen LogP contribution is -2.47. The number of hydrogen-bond donors (Lipinski definition) is 4. The molecule has 0 saturated carbocycles. The van der Waals surface area contributed by atoms with E-state index < -0.39 is 24.5 Å². The number of rotatable bonds is 25. The number of esters is 1. The quantitative estimate of drug-likeness (QED) is 0.0740. The second-order valence-electron chi connectivity index (χ2n) is 9.84.